The Kier molecular flexibility index (Phi) is 5.78. The molecule has 1 saturated heterocycles. The highest BCUT2D eigenvalue weighted by molar-refractivity contribution is 7.16. The summed E-state index contributed by atoms with van der Waals surface area (Å²) in [5.74, 6) is -0.495. The van der Waals surface area contributed by atoms with Gasteiger partial charge in [-0.3, -0.25) is 9.59 Å². The Morgan fingerprint density at radius 3 is 2.59 bits per heavy atom. The van der Waals surface area contributed by atoms with Crippen LogP contribution in [0.4, 0.5) is 10.8 Å². The number of benzene rings is 1. The third-order valence-corrected chi connectivity index (χ3v) is 6.89. The van der Waals surface area contributed by atoms with Crippen molar-refractivity contribution >= 4 is 45.3 Å². The fraction of sp³-hybridized carbons (Fsp3) is 0.318. The van der Waals surface area contributed by atoms with Crippen molar-refractivity contribution < 1.29 is 9.59 Å². The molecule has 1 N–H and O–H groups in total. The normalized spacial score (nSPS) is 16.4. The van der Waals surface area contributed by atoms with E-state index in [1.165, 1.54) is 11.3 Å². The molecule has 4 rings (SSSR count). The number of hydrogen-bond donors (Lipinski definition) is 1. The molecule has 5 nitrogen and oxygen atoms in total. The Bertz CT molecular complexity index is 1000. The lowest BCUT2D eigenvalue weighted by Gasteiger charge is -2.23. The zero-order chi connectivity index (χ0) is 20.4. The highest BCUT2D eigenvalue weighted by Crippen LogP contribution is 2.33. The van der Waals surface area contributed by atoms with Crippen LogP contribution in [-0.4, -0.2) is 23.3 Å². The van der Waals surface area contributed by atoms with E-state index in [0.717, 1.165) is 40.2 Å². The summed E-state index contributed by atoms with van der Waals surface area (Å²) in [5, 5.41) is 7.43. The number of aromatic nitrogens is 1. The average Bonchev–Trinajstić information content (AvgIpc) is 3.48. The number of thiophene rings is 1. The lowest BCUT2D eigenvalue weighted by Crippen LogP contribution is -2.29. The van der Waals surface area contributed by atoms with Gasteiger partial charge < -0.3 is 10.2 Å². The highest BCUT2D eigenvalue weighted by Gasteiger charge is 2.36. The predicted molar refractivity (Wildman–Crippen MR) is 120 cm³/mol. The number of hydrogen-bond acceptors (Lipinski definition) is 5. The maximum atomic E-state index is 12.8. The summed E-state index contributed by atoms with van der Waals surface area (Å²) in [4.78, 5) is 33.0. The monoisotopic (exact) mass is 425 g/mol. The van der Waals surface area contributed by atoms with Crippen LogP contribution < -0.4 is 10.2 Å². The van der Waals surface area contributed by atoms with Crippen molar-refractivity contribution in [3.63, 3.8) is 0 Å². The molecule has 150 valence electrons. The first-order valence-electron chi connectivity index (χ1n) is 9.82. The van der Waals surface area contributed by atoms with Crippen molar-refractivity contribution in [1.29, 1.82) is 0 Å². The van der Waals surface area contributed by atoms with E-state index in [-0.39, 0.29) is 24.2 Å². The minimum Gasteiger partial charge on any atom is -0.311 e. The van der Waals surface area contributed by atoms with E-state index in [1.807, 2.05) is 29.0 Å². The second kappa shape index (κ2) is 8.47. The molecule has 1 fully saturated rings. The van der Waals surface area contributed by atoms with Crippen LogP contribution in [0.3, 0.4) is 0 Å². The molecule has 0 aliphatic carbocycles. The van der Waals surface area contributed by atoms with Gasteiger partial charge in [-0.2, -0.15) is 0 Å². The van der Waals surface area contributed by atoms with Crippen LogP contribution in [0, 0.1) is 5.92 Å². The van der Waals surface area contributed by atoms with Crippen molar-refractivity contribution in [3.8, 4) is 10.6 Å². The van der Waals surface area contributed by atoms with Gasteiger partial charge in [-0.25, -0.2) is 4.98 Å². The summed E-state index contributed by atoms with van der Waals surface area (Å²) in [6.45, 7) is 4.60. The third-order valence-electron chi connectivity index (χ3n) is 5.24. The number of rotatable bonds is 6. The van der Waals surface area contributed by atoms with Gasteiger partial charge in [-0.1, -0.05) is 38.1 Å². The molecule has 3 aromatic rings. The smallest absolute Gasteiger partial charge is 0.231 e. The quantitative estimate of drug-likeness (QED) is 0.605. The maximum absolute atomic E-state index is 12.8. The fourth-order valence-electron chi connectivity index (χ4n) is 3.74. The third kappa shape index (κ3) is 3.97. The number of aryl methyl sites for hydroxylation is 2. The molecular formula is C22H23N3O2S2. The fourth-order valence-corrected chi connectivity index (χ4v) is 5.21. The molecule has 0 spiro atoms. The van der Waals surface area contributed by atoms with Crippen LogP contribution in [0.25, 0.3) is 10.6 Å². The van der Waals surface area contributed by atoms with Crippen LogP contribution >= 0.6 is 22.7 Å². The van der Waals surface area contributed by atoms with Gasteiger partial charge in [0.05, 0.1) is 16.5 Å². The Balaban J connectivity index is 1.49. The molecule has 1 unspecified atom stereocenters. The number of carbonyl (C=O) groups is 2. The van der Waals surface area contributed by atoms with Crippen molar-refractivity contribution in [1.82, 2.24) is 4.98 Å². The van der Waals surface area contributed by atoms with Gasteiger partial charge in [-0.15, -0.1) is 22.7 Å². The topological polar surface area (TPSA) is 62.3 Å². The van der Waals surface area contributed by atoms with Crippen molar-refractivity contribution in [2.75, 3.05) is 16.8 Å². The number of amides is 2. The molecule has 1 atom stereocenters. The van der Waals surface area contributed by atoms with Gasteiger partial charge >= 0.3 is 0 Å². The lowest BCUT2D eigenvalue weighted by molar-refractivity contribution is -0.122. The van der Waals surface area contributed by atoms with E-state index >= 15 is 0 Å². The molecule has 0 bridgehead atoms. The number of anilines is 2. The largest absolute Gasteiger partial charge is 0.311 e. The van der Waals surface area contributed by atoms with E-state index in [0.29, 0.717) is 11.7 Å². The van der Waals surface area contributed by atoms with E-state index < -0.39 is 0 Å². The van der Waals surface area contributed by atoms with E-state index in [9.17, 15) is 9.59 Å². The van der Waals surface area contributed by atoms with Crippen LogP contribution in [0.2, 0.25) is 0 Å². The molecule has 0 saturated carbocycles. The zero-order valence-electron chi connectivity index (χ0n) is 16.5. The van der Waals surface area contributed by atoms with Crippen LogP contribution in [0.15, 0.2) is 41.1 Å². The van der Waals surface area contributed by atoms with E-state index in [1.54, 1.807) is 16.2 Å². The Morgan fingerprint density at radius 2 is 1.93 bits per heavy atom. The molecule has 1 aliphatic heterocycles. The number of thiazole rings is 1. The molecule has 2 aromatic heterocycles. The standard InChI is InChI=1S/C22H23N3O2S2/c1-3-14-7-5-8-15(4-2)20(14)25-12-16(11-19(25)26)21(27)24-22-23-17(13-29-22)18-9-6-10-28-18/h5-10,13,16H,3-4,11-12H2,1-2H3,(H,23,24,27). The van der Waals surface area contributed by atoms with E-state index in [2.05, 4.69) is 36.3 Å². The van der Waals surface area contributed by atoms with Crippen molar-refractivity contribution in [3.05, 3.63) is 52.2 Å². The van der Waals surface area contributed by atoms with Crippen LogP contribution in [-0.2, 0) is 22.4 Å². The minimum absolute atomic E-state index is 0.0131. The first kappa shape index (κ1) is 19.8. The molecule has 0 radical (unpaired) electrons. The number of para-hydroxylation sites is 1. The van der Waals surface area contributed by atoms with Gasteiger partial charge in [0.2, 0.25) is 11.8 Å². The molecule has 1 aromatic carbocycles. The number of nitrogens with one attached hydrogen (secondary N) is 1. The molecular weight excluding hydrogens is 402 g/mol. The van der Waals surface area contributed by atoms with Crippen LogP contribution in [0.5, 0.6) is 0 Å². The summed E-state index contributed by atoms with van der Waals surface area (Å²) >= 11 is 3.03. The average molecular weight is 426 g/mol. The lowest BCUT2D eigenvalue weighted by atomic mass is 10.0. The van der Waals surface area contributed by atoms with Gasteiger partial charge in [0.25, 0.3) is 0 Å². The van der Waals surface area contributed by atoms with Crippen molar-refractivity contribution in [2.45, 2.75) is 33.1 Å². The summed E-state index contributed by atoms with van der Waals surface area (Å²) in [6, 6.07) is 10.2. The second-order valence-electron chi connectivity index (χ2n) is 7.04. The first-order valence-corrected chi connectivity index (χ1v) is 11.6. The van der Waals surface area contributed by atoms with E-state index in [4.69, 9.17) is 0 Å². The summed E-state index contributed by atoms with van der Waals surface area (Å²) < 4.78 is 0. The number of nitrogens with zero attached hydrogens (tertiary/aromatic N) is 2. The first-order chi connectivity index (χ1) is 14.1. The minimum atomic E-state index is -0.369. The highest BCUT2D eigenvalue weighted by atomic mass is 32.1. The summed E-state index contributed by atoms with van der Waals surface area (Å²) in [5.41, 5.74) is 4.17. The summed E-state index contributed by atoms with van der Waals surface area (Å²) in [6.07, 6.45) is 1.94. The second-order valence-corrected chi connectivity index (χ2v) is 8.85. The molecule has 2 amide bonds. The predicted octanol–water partition coefficient (Wildman–Crippen LogP) is 4.99. The van der Waals surface area contributed by atoms with Gasteiger partial charge in [0.15, 0.2) is 5.13 Å². The van der Waals surface area contributed by atoms with Gasteiger partial charge in [-0.05, 0) is 35.4 Å². The Morgan fingerprint density at radius 1 is 1.17 bits per heavy atom. The molecule has 29 heavy (non-hydrogen) atoms. The number of carbonyl (C=O) groups excluding carboxylic acids is 2. The molecule has 7 heteroatoms. The van der Waals surface area contributed by atoms with Gasteiger partial charge in [0.1, 0.15) is 0 Å². The molecule has 1 aliphatic rings. The Hall–Kier alpha value is -2.51. The maximum Gasteiger partial charge on any atom is 0.231 e. The van der Waals surface area contributed by atoms with Gasteiger partial charge in [0, 0.05) is 24.0 Å². The zero-order valence-corrected chi connectivity index (χ0v) is 18.1. The van der Waals surface area contributed by atoms with Crippen molar-refractivity contribution in [2.24, 2.45) is 5.92 Å². The SMILES string of the molecule is CCc1cccc(CC)c1N1CC(C(=O)Nc2nc(-c3cccs3)cs2)CC1=O. The van der Waals surface area contributed by atoms with Crippen LogP contribution in [0.1, 0.15) is 31.4 Å². The molecule has 3 heterocycles. The summed E-state index contributed by atoms with van der Waals surface area (Å²) in [7, 11) is 0. The Labute approximate surface area is 178 Å².